The van der Waals surface area contributed by atoms with Crippen molar-refractivity contribution in [2.45, 2.75) is 32.5 Å². The number of nitrogens with one attached hydrogen (secondary N) is 1. The molecule has 0 spiro atoms. The molecule has 1 N–H and O–H groups in total. The van der Waals surface area contributed by atoms with E-state index >= 15 is 0 Å². The smallest absolute Gasteiger partial charge is 0.273 e. The Labute approximate surface area is 139 Å². The average Bonchev–Trinajstić information content (AvgIpc) is 3.25. The molecule has 3 aromatic rings. The molecule has 2 aromatic heterocycles. The first-order valence-electron chi connectivity index (χ1n) is 7.78. The van der Waals surface area contributed by atoms with Gasteiger partial charge < -0.3 is 5.32 Å². The highest BCUT2D eigenvalue weighted by Crippen LogP contribution is 2.02. The van der Waals surface area contributed by atoms with E-state index in [0.29, 0.717) is 18.8 Å². The van der Waals surface area contributed by atoms with Gasteiger partial charge in [0.1, 0.15) is 12.7 Å². The highest BCUT2D eigenvalue weighted by atomic mass is 16.2. The third-order valence-electron chi connectivity index (χ3n) is 3.55. The summed E-state index contributed by atoms with van der Waals surface area (Å²) in [5, 5.41) is 14.9. The van der Waals surface area contributed by atoms with Crippen LogP contribution in [0.1, 0.15) is 23.0 Å². The van der Waals surface area contributed by atoms with Crippen LogP contribution in [0.25, 0.3) is 0 Å². The Hall–Kier alpha value is -3.03. The quantitative estimate of drug-likeness (QED) is 0.698. The Morgan fingerprint density at radius 3 is 2.83 bits per heavy atom. The van der Waals surface area contributed by atoms with Crippen LogP contribution < -0.4 is 5.32 Å². The van der Waals surface area contributed by atoms with Gasteiger partial charge in [0.25, 0.3) is 5.91 Å². The molecule has 2 heterocycles. The Morgan fingerprint density at radius 2 is 2.08 bits per heavy atom. The summed E-state index contributed by atoms with van der Waals surface area (Å²) in [4.78, 5) is 16.1. The molecule has 0 radical (unpaired) electrons. The summed E-state index contributed by atoms with van der Waals surface area (Å²) in [5.74, 6) is -0.242. The zero-order chi connectivity index (χ0) is 16.8. The molecule has 124 valence electrons. The van der Waals surface area contributed by atoms with Gasteiger partial charge in [0.2, 0.25) is 0 Å². The van der Waals surface area contributed by atoms with Gasteiger partial charge in [-0.15, -0.1) is 5.10 Å². The zero-order valence-electron chi connectivity index (χ0n) is 13.4. The van der Waals surface area contributed by atoms with Crippen molar-refractivity contribution in [3.63, 3.8) is 0 Å². The van der Waals surface area contributed by atoms with E-state index in [1.807, 2.05) is 25.1 Å². The zero-order valence-corrected chi connectivity index (χ0v) is 13.4. The number of aromatic nitrogens is 6. The minimum absolute atomic E-state index is 0.0892. The number of hydrogen-bond acceptors (Lipinski definition) is 5. The van der Waals surface area contributed by atoms with Gasteiger partial charge in [-0.1, -0.05) is 35.5 Å². The van der Waals surface area contributed by atoms with Crippen molar-refractivity contribution >= 4 is 5.91 Å². The number of nitrogens with zero attached hydrogens (tertiary/aromatic N) is 6. The number of rotatable bonds is 7. The summed E-state index contributed by atoms with van der Waals surface area (Å²) in [7, 11) is 0. The Bertz CT molecular complexity index is 767. The predicted molar refractivity (Wildman–Crippen MR) is 87.1 cm³/mol. The molecule has 3 rings (SSSR count). The van der Waals surface area contributed by atoms with Crippen LogP contribution >= 0.6 is 0 Å². The topological polar surface area (TPSA) is 90.5 Å². The van der Waals surface area contributed by atoms with Crippen LogP contribution in [-0.4, -0.2) is 41.7 Å². The molecule has 24 heavy (non-hydrogen) atoms. The van der Waals surface area contributed by atoms with Crippen molar-refractivity contribution in [2.24, 2.45) is 0 Å². The summed E-state index contributed by atoms with van der Waals surface area (Å²) in [5.41, 5.74) is 1.54. The third kappa shape index (κ3) is 4.25. The molecule has 0 aliphatic heterocycles. The van der Waals surface area contributed by atoms with Gasteiger partial charge in [-0.2, -0.15) is 5.10 Å². The van der Waals surface area contributed by atoms with Crippen molar-refractivity contribution in [3.8, 4) is 0 Å². The SMILES string of the molecule is C[C@H](Cn1cncn1)NC(=O)c1cn(CCc2ccccc2)nn1. The van der Waals surface area contributed by atoms with Gasteiger partial charge >= 0.3 is 0 Å². The Balaban J connectivity index is 1.51. The van der Waals surface area contributed by atoms with Crippen molar-refractivity contribution < 1.29 is 4.79 Å². The lowest BCUT2D eigenvalue weighted by Gasteiger charge is -2.12. The minimum atomic E-state index is -0.242. The fourth-order valence-corrected chi connectivity index (χ4v) is 2.35. The molecule has 0 aliphatic rings. The lowest BCUT2D eigenvalue weighted by molar-refractivity contribution is 0.0931. The van der Waals surface area contributed by atoms with Gasteiger partial charge in [-0.25, -0.2) is 4.98 Å². The second kappa shape index (κ2) is 7.49. The molecular formula is C16H19N7O. The van der Waals surface area contributed by atoms with E-state index in [2.05, 4.69) is 37.8 Å². The van der Waals surface area contributed by atoms with E-state index in [1.54, 1.807) is 21.9 Å². The molecular weight excluding hydrogens is 306 g/mol. The molecule has 0 aliphatic carbocycles. The van der Waals surface area contributed by atoms with Crippen molar-refractivity contribution in [3.05, 3.63) is 60.4 Å². The Kier molecular flexibility index (Phi) is 4.95. The van der Waals surface area contributed by atoms with Crippen LogP contribution in [0, 0.1) is 0 Å². The normalized spacial score (nSPS) is 12.0. The van der Waals surface area contributed by atoms with Gasteiger partial charge in [0.05, 0.1) is 12.7 Å². The van der Waals surface area contributed by atoms with Crippen LogP contribution in [0.5, 0.6) is 0 Å². The van der Waals surface area contributed by atoms with Gasteiger partial charge in [-0.05, 0) is 18.9 Å². The molecule has 0 saturated carbocycles. The lowest BCUT2D eigenvalue weighted by Crippen LogP contribution is -2.36. The first kappa shape index (κ1) is 15.9. The molecule has 1 amide bonds. The number of amides is 1. The molecule has 8 heteroatoms. The summed E-state index contributed by atoms with van der Waals surface area (Å²) >= 11 is 0. The van der Waals surface area contributed by atoms with E-state index in [4.69, 9.17) is 0 Å². The van der Waals surface area contributed by atoms with E-state index in [9.17, 15) is 4.79 Å². The maximum absolute atomic E-state index is 12.2. The second-order valence-corrected chi connectivity index (χ2v) is 5.59. The first-order valence-corrected chi connectivity index (χ1v) is 7.78. The number of aryl methyl sites for hydroxylation is 2. The van der Waals surface area contributed by atoms with Gasteiger partial charge in [0, 0.05) is 12.6 Å². The van der Waals surface area contributed by atoms with Crippen molar-refractivity contribution in [2.75, 3.05) is 0 Å². The second-order valence-electron chi connectivity index (χ2n) is 5.59. The third-order valence-corrected chi connectivity index (χ3v) is 3.55. The van der Waals surface area contributed by atoms with Gasteiger partial charge in [-0.3, -0.25) is 14.2 Å². The highest BCUT2D eigenvalue weighted by molar-refractivity contribution is 5.92. The number of carbonyl (C=O) groups is 1. The monoisotopic (exact) mass is 325 g/mol. The minimum Gasteiger partial charge on any atom is -0.346 e. The molecule has 1 atom stereocenters. The number of benzene rings is 1. The highest BCUT2D eigenvalue weighted by Gasteiger charge is 2.14. The summed E-state index contributed by atoms with van der Waals surface area (Å²) < 4.78 is 3.35. The first-order chi connectivity index (χ1) is 11.7. The fourth-order valence-electron chi connectivity index (χ4n) is 2.35. The van der Waals surface area contributed by atoms with Crippen LogP contribution in [0.3, 0.4) is 0 Å². The summed E-state index contributed by atoms with van der Waals surface area (Å²) in [6, 6.07) is 10.0. The van der Waals surface area contributed by atoms with E-state index in [1.165, 1.54) is 11.9 Å². The Morgan fingerprint density at radius 1 is 1.25 bits per heavy atom. The van der Waals surface area contributed by atoms with Crippen molar-refractivity contribution in [1.29, 1.82) is 0 Å². The maximum atomic E-state index is 12.2. The fraction of sp³-hybridized carbons (Fsp3) is 0.312. The largest absolute Gasteiger partial charge is 0.346 e. The molecule has 0 bridgehead atoms. The number of hydrogen-bond donors (Lipinski definition) is 1. The van der Waals surface area contributed by atoms with E-state index in [-0.39, 0.29) is 11.9 Å². The van der Waals surface area contributed by atoms with Crippen molar-refractivity contribution in [1.82, 2.24) is 35.1 Å². The molecule has 8 nitrogen and oxygen atoms in total. The van der Waals surface area contributed by atoms with Crippen LogP contribution in [0.4, 0.5) is 0 Å². The van der Waals surface area contributed by atoms with Gasteiger partial charge in [0.15, 0.2) is 5.69 Å². The molecule has 1 aromatic carbocycles. The molecule has 0 fully saturated rings. The number of carbonyl (C=O) groups excluding carboxylic acids is 1. The van der Waals surface area contributed by atoms with Crippen LogP contribution in [0.15, 0.2) is 49.2 Å². The van der Waals surface area contributed by atoms with Crippen LogP contribution in [-0.2, 0) is 19.5 Å². The maximum Gasteiger partial charge on any atom is 0.273 e. The molecule has 0 unspecified atom stereocenters. The average molecular weight is 325 g/mol. The standard InChI is InChI=1S/C16H19N7O/c1-13(9-23-12-17-11-18-23)19-16(24)15-10-22(21-20-15)8-7-14-5-3-2-4-6-14/h2-6,10-13H,7-9H2,1H3,(H,19,24)/t13-/m1/s1. The lowest BCUT2D eigenvalue weighted by atomic mass is 10.1. The molecule has 0 saturated heterocycles. The van der Waals surface area contributed by atoms with E-state index < -0.39 is 0 Å². The summed E-state index contributed by atoms with van der Waals surface area (Å²) in [6.07, 6.45) is 5.59. The predicted octanol–water partition coefficient (Wildman–Crippen LogP) is 0.931. The van der Waals surface area contributed by atoms with E-state index in [0.717, 1.165) is 6.42 Å². The summed E-state index contributed by atoms with van der Waals surface area (Å²) in [6.45, 7) is 3.13. The van der Waals surface area contributed by atoms with Crippen LogP contribution in [0.2, 0.25) is 0 Å².